The van der Waals surface area contributed by atoms with E-state index in [1.165, 1.54) is 11.5 Å². The normalized spacial score (nSPS) is 12.6. The lowest BCUT2D eigenvalue weighted by molar-refractivity contribution is -0.116. The first-order chi connectivity index (χ1) is 15.7. The van der Waals surface area contributed by atoms with Crippen molar-refractivity contribution >= 4 is 44.5 Å². The summed E-state index contributed by atoms with van der Waals surface area (Å²) < 4.78 is 30.0. The van der Waals surface area contributed by atoms with Gasteiger partial charge >= 0.3 is 0 Å². The highest BCUT2D eigenvalue weighted by atomic mass is 32.2. The second-order valence-corrected chi connectivity index (χ2v) is 10.0. The van der Waals surface area contributed by atoms with E-state index in [4.69, 9.17) is 0 Å². The summed E-state index contributed by atoms with van der Waals surface area (Å²) in [5.74, 6) is 0.662. The number of benzene rings is 2. The second-order valence-electron chi connectivity index (χ2n) is 7.50. The Kier molecular flexibility index (Phi) is 7.70. The SMILES string of the molecule is CC.Cc1nsc(-c2ccc(C)c(NCC(=O)N3CCc4c(NS(C)(=O)=O)cccc43)c2)n1. The number of nitrogens with one attached hydrogen (secondary N) is 2. The lowest BCUT2D eigenvalue weighted by Gasteiger charge is -2.19. The van der Waals surface area contributed by atoms with Gasteiger partial charge in [0.25, 0.3) is 0 Å². The van der Waals surface area contributed by atoms with Crippen molar-refractivity contribution in [2.45, 2.75) is 34.1 Å². The van der Waals surface area contributed by atoms with Crippen molar-refractivity contribution in [3.8, 4) is 10.6 Å². The molecule has 0 aliphatic carbocycles. The minimum absolute atomic E-state index is 0.0770. The van der Waals surface area contributed by atoms with Crippen LogP contribution in [-0.4, -0.2) is 43.0 Å². The number of anilines is 3. The Morgan fingerprint density at radius 2 is 1.91 bits per heavy atom. The van der Waals surface area contributed by atoms with Gasteiger partial charge in [0.15, 0.2) is 0 Å². The minimum atomic E-state index is -3.39. The van der Waals surface area contributed by atoms with Crippen LogP contribution in [0.1, 0.15) is 30.8 Å². The molecular formula is C23H29N5O3S2. The minimum Gasteiger partial charge on any atom is -0.376 e. The summed E-state index contributed by atoms with van der Waals surface area (Å²) in [6.07, 6.45) is 1.72. The number of aromatic nitrogens is 2. The third-order valence-corrected chi connectivity index (χ3v) is 6.51. The third kappa shape index (κ3) is 5.88. The van der Waals surface area contributed by atoms with Crippen LogP contribution in [0.25, 0.3) is 10.6 Å². The van der Waals surface area contributed by atoms with E-state index in [1.807, 2.05) is 52.0 Å². The lowest BCUT2D eigenvalue weighted by Crippen LogP contribution is -2.34. The molecular weight excluding hydrogens is 458 g/mol. The summed E-state index contributed by atoms with van der Waals surface area (Å²) in [5, 5.41) is 4.08. The predicted octanol–water partition coefficient (Wildman–Crippen LogP) is 4.22. The summed E-state index contributed by atoms with van der Waals surface area (Å²) in [4.78, 5) is 19.1. The van der Waals surface area contributed by atoms with E-state index in [9.17, 15) is 13.2 Å². The number of hydrogen-bond donors (Lipinski definition) is 2. The van der Waals surface area contributed by atoms with Gasteiger partial charge in [0.05, 0.1) is 18.5 Å². The number of aryl methyl sites for hydroxylation is 2. The summed E-state index contributed by atoms with van der Waals surface area (Å²) >= 11 is 1.35. The van der Waals surface area contributed by atoms with Crippen LogP contribution in [0.5, 0.6) is 0 Å². The fourth-order valence-corrected chi connectivity index (χ4v) is 4.87. The molecule has 1 aromatic heterocycles. The van der Waals surface area contributed by atoms with Crippen LogP contribution in [0.15, 0.2) is 36.4 Å². The predicted molar refractivity (Wildman–Crippen MR) is 136 cm³/mol. The molecule has 4 rings (SSSR count). The Balaban J connectivity index is 0.00000149. The molecule has 0 fully saturated rings. The smallest absolute Gasteiger partial charge is 0.246 e. The average Bonchev–Trinajstić information content (AvgIpc) is 3.40. The summed E-state index contributed by atoms with van der Waals surface area (Å²) in [6, 6.07) is 11.3. The van der Waals surface area contributed by atoms with Gasteiger partial charge in [-0.25, -0.2) is 13.4 Å². The standard InChI is InChI=1S/C21H23N5O3S2.C2H6/c1-13-7-8-15(21-23-14(2)24-30-21)11-18(13)22-12-20(27)26-10-9-16-17(25-31(3,28)29)5-4-6-19(16)26;1-2/h4-8,11,22,25H,9-10,12H2,1-3H3;1-2H3. The van der Waals surface area contributed by atoms with Crippen LogP contribution >= 0.6 is 11.5 Å². The van der Waals surface area contributed by atoms with Crippen LogP contribution in [-0.2, 0) is 21.2 Å². The number of amides is 1. The largest absolute Gasteiger partial charge is 0.376 e. The van der Waals surface area contributed by atoms with Crippen LogP contribution in [0.3, 0.4) is 0 Å². The van der Waals surface area contributed by atoms with E-state index in [2.05, 4.69) is 19.4 Å². The quantitative estimate of drug-likeness (QED) is 0.539. The van der Waals surface area contributed by atoms with E-state index < -0.39 is 10.0 Å². The fourth-order valence-electron chi connectivity index (χ4n) is 3.61. The highest BCUT2D eigenvalue weighted by Crippen LogP contribution is 2.34. The molecule has 2 N–H and O–H groups in total. The van der Waals surface area contributed by atoms with Crippen LogP contribution < -0.4 is 14.9 Å². The monoisotopic (exact) mass is 487 g/mol. The van der Waals surface area contributed by atoms with E-state index in [0.717, 1.165) is 45.2 Å². The van der Waals surface area contributed by atoms with Gasteiger partial charge < -0.3 is 10.2 Å². The van der Waals surface area contributed by atoms with Gasteiger partial charge in [-0.2, -0.15) is 4.37 Å². The molecule has 2 aromatic carbocycles. The maximum absolute atomic E-state index is 13.0. The molecule has 10 heteroatoms. The topological polar surface area (TPSA) is 104 Å². The van der Waals surface area contributed by atoms with Crippen molar-refractivity contribution in [3.63, 3.8) is 0 Å². The Morgan fingerprint density at radius 3 is 2.58 bits per heavy atom. The molecule has 0 saturated carbocycles. The van der Waals surface area contributed by atoms with Crippen LogP contribution in [0.4, 0.5) is 17.1 Å². The van der Waals surface area contributed by atoms with Crippen molar-refractivity contribution in [2.75, 3.05) is 34.3 Å². The lowest BCUT2D eigenvalue weighted by atomic mass is 10.1. The van der Waals surface area contributed by atoms with Gasteiger partial charge in [-0.3, -0.25) is 9.52 Å². The van der Waals surface area contributed by atoms with E-state index in [1.54, 1.807) is 17.0 Å². The van der Waals surface area contributed by atoms with E-state index >= 15 is 0 Å². The van der Waals surface area contributed by atoms with Crippen LogP contribution in [0.2, 0.25) is 0 Å². The Morgan fingerprint density at radius 1 is 1.15 bits per heavy atom. The Labute approximate surface area is 199 Å². The van der Waals surface area contributed by atoms with Gasteiger partial charge in [-0.1, -0.05) is 32.0 Å². The molecule has 0 atom stereocenters. The molecule has 3 aromatic rings. The number of carbonyl (C=O) groups excluding carboxylic acids is 1. The Bertz CT molecular complexity index is 1250. The highest BCUT2D eigenvalue weighted by Gasteiger charge is 2.27. The highest BCUT2D eigenvalue weighted by molar-refractivity contribution is 7.92. The van der Waals surface area contributed by atoms with Gasteiger partial charge in [0, 0.05) is 29.0 Å². The molecule has 1 aliphatic heterocycles. The van der Waals surface area contributed by atoms with E-state index in [0.29, 0.717) is 18.7 Å². The maximum atomic E-state index is 13.0. The summed E-state index contributed by atoms with van der Waals surface area (Å²) in [6.45, 7) is 8.48. The molecule has 0 saturated heterocycles. The molecule has 176 valence electrons. The van der Waals surface area contributed by atoms with Gasteiger partial charge in [-0.15, -0.1) is 0 Å². The zero-order valence-corrected chi connectivity index (χ0v) is 21.1. The molecule has 0 bridgehead atoms. The number of sulfonamides is 1. The van der Waals surface area contributed by atoms with Crippen LogP contribution in [0, 0.1) is 13.8 Å². The molecule has 2 heterocycles. The third-order valence-electron chi connectivity index (χ3n) is 5.07. The molecule has 0 radical (unpaired) electrons. The molecule has 1 amide bonds. The van der Waals surface area contributed by atoms with Crippen molar-refractivity contribution in [2.24, 2.45) is 0 Å². The molecule has 33 heavy (non-hydrogen) atoms. The van der Waals surface area contributed by atoms with Crippen molar-refractivity contribution < 1.29 is 13.2 Å². The molecule has 1 aliphatic rings. The summed E-state index contributed by atoms with van der Waals surface area (Å²) in [5.41, 5.74) is 4.96. The first-order valence-corrected chi connectivity index (χ1v) is 13.4. The number of carbonyl (C=O) groups is 1. The van der Waals surface area contributed by atoms with Gasteiger partial charge in [0.2, 0.25) is 15.9 Å². The average molecular weight is 488 g/mol. The van der Waals surface area contributed by atoms with Crippen molar-refractivity contribution in [1.29, 1.82) is 0 Å². The maximum Gasteiger partial charge on any atom is 0.246 e. The number of rotatable bonds is 6. The Hall–Kier alpha value is -2.98. The first-order valence-electron chi connectivity index (χ1n) is 10.8. The van der Waals surface area contributed by atoms with E-state index in [-0.39, 0.29) is 12.5 Å². The second kappa shape index (κ2) is 10.3. The van der Waals surface area contributed by atoms with Gasteiger partial charge in [-0.05, 0) is 55.6 Å². The van der Waals surface area contributed by atoms with Gasteiger partial charge in [0.1, 0.15) is 10.8 Å². The molecule has 0 unspecified atom stereocenters. The molecule has 0 spiro atoms. The molecule has 8 nitrogen and oxygen atoms in total. The van der Waals surface area contributed by atoms with Crippen molar-refractivity contribution in [1.82, 2.24) is 9.36 Å². The zero-order valence-electron chi connectivity index (χ0n) is 19.5. The number of nitrogens with zero attached hydrogens (tertiary/aromatic N) is 3. The first kappa shape index (κ1) is 24.7. The summed E-state index contributed by atoms with van der Waals surface area (Å²) in [7, 11) is -3.39. The zero-order chi connectivity index (χ0) is 24.2. The van der Waals surface area contributed by atoms with Crippen molar-refractivity contribution in [3.05, 3.63) is 53.3 Å². The number of hydrogen-bond acceptors (Lipinski definition) is 7. The number of fused-ring (bicyclic) bond motifs is 1. The fraction of sp³-hybridized carbons (Fsp3) is 0.348.